The van der Waals surface area contributed by atoms with Crippen LogP contribution >= 0.6 is 0 Å². The predicted octanol–water partition coefficient (Wildman–Crippen LogP) is -0.193. The van der Waals surface area contributed by atoms with E-state index < -0.39 is 11.5 Å². The Morgan fingerprint density at radius 3 is 2.05 bits per heavy atom. The van der Waals surface area contributed by atoms with Gasteiger partial charge in [-0.25, -0.2) is 4.79 Å². The first-order valence-corrected chi connectivity index (χ1v) is 7.28. The van der Waals surface area contributed by atoms with Crippen LogP contribution in [0.3, 0.4) is 0 Å². The Bertz CT molecular complexity index is 587. The molecule has 2 aliphatic carbocycles. The summed E-state index contributed by atoms with van der Waals surface area (Å²) in [4.78, 5) is 47.3. The molecule has 2 unspecified atom stereocenters. The number of fused-ring (bicyclic) bond motifs is 1. The van der Waals surface area contributed by atoms with Gasteiger partial charge in [-0.05, 0) is 12.8 Å². The number of imide groups is 1. The number of ether oxygens (including phenoxy) is 1. The average molecular weight is 306 g/mol. The van der Waals surface area contributed by atoms with E-state index in [1.807, 2.05) is 0 Å². The maximum absolute atomic E-state index is 12.2. The Hall–Kier alpha value is -2.18. The van der Waals surface area contributed by atoms with E-state index in [2.05, 4.69) is 10.6 Å². The van der Waals surface area contributed by atoms with Crippen LogP contribution in [0.4, 0.5) is 0 Å². The molecule has 0 aromatic carbocycles. The number of carbonyl (C=O) groups is 4. The molecule has 7 nitrogen and oxygen atoms in total. The van der Waals surface area contributed by atoms with Gasteiger partial charge in [0, 0.05) is 19.8 Å². The van der Waals surface area contributed by atoms with E-state index in [4.69, 9.17) is 4.74 Å². The van der Waals surface area contributed by atoms with Crippen molar-refractivity contribution < 1.29 is 23.9 Å². The van der Waals surface area contributed by atoms with Crippen LogP contribution in [0, 0.1) is 11.8 Å². The summed E-state index contributed by atoms with van der Waals surface area (Å²) < 4.78 is 4.85. The minimum absolute atomic E-state index is 0.239. The molecule has 3 aliphatic rings. The molecule has 3 amide bonds. The Balaban J connectivity index is 1.86. The summed E-state index contributed by atoms with van der Waals surface area (Å²) in [5.41, 5.74) is 0.888. The zero-order chi connectivity index (χ0) is 16.1. The average Bonchev–Trinajstić information content (AvgIpc) is 2.93. The molecule has 0 saturated carbocycles. The molecule has 22 heavy (non-hydrogen) atoms. The van der Waals surface area contributed by atoms with Gasteiger partial charge in [-0.1, -0.05) is 11.1 Å². The standard InChI is InChI=1S/C15H18N2O5/c1-7(18)17-15(14(21)22-2)5-8-3-10-11(4-9(8)6-15)13(20)16-12(10)19/h10-11H,3-6H2,1-2H3,(H,17,18)(H,16,19,20). The number of hydrogen-bond acceptors (Lipinski definition) is 5. The van der Waals surface area contributed by atoms with E-state index in [-0.39, 0.29) is 29.6 Å². The van der Waals surface area contributed by atoms with Gasteiger partial charge in [0.05, 0.1) is 18.9 Å². The minimum Gasteiger partial charge on any atom is -0.467 e. The maximum Gasteiger partial charge on any atom is 0.332 e. The number of hydrogen-bond donors (Lipinski definition) is 2. The lowest BCUT2D eigenvalue weighted by Gasteiger charge is -2.27. The van der Waals surface area contributed by atoms with Gasteiger partial charge in [0.2, 0.25) is 17.7 Å². The number of nitrogens with one attached hydrogen (secondary N) is 2. The fourth-order valence-electron chi connectivity index (χ4n) is 3.96. The lowest BCUT2D eigenvalue weighted by molar-refractivity contribution is -0.150. The fourth-order valence-corrected chi connectivity index (χ4v) is 3.96. The molecule has 118 valence electrons. The van der Waals surface area contributed by atoms with E-state index in [1.165, 1.54) is 14.0 Å². The molecule has 3 rings (SSSR count). The molecule has 1 saturated heterocycles. The summed E-state index contributed by atoms with van der Waals surface area (Å²) in [5.74, 6) is -1.97. The molecule has 0 aromatic heterocycles. The van der Waals surface area contributed by atoms with Crippen molar-refractivity contribution in [1.82, 2.24) is 10.6 Å². The molecule has 1 fully saturated rings. The van der Waals surface area contributed by atoms with Crippen molar-refractivity contribution in [1.29, 1.82) is 0 Å². The van der Waals surface area contributed by atoms with Gasteiger partial charge in [-0.2, -0.15) is 0 Å². The first-order valence-electron chi connectivity index (χ1n) is 7.28. The molecule has 0 spiro atoms. The molecular weight excluding hydrogens is 288 g/mol. The van der Waals surface area contributed by atoms with Gasteiger partial charge in [-0.15, -0.1) is 0 Å². The van der Waals surface area contributed by atoms with Crippen molar-refractivity contribution in [2.24, 2.45) is 11.8 Å². The van der Waals surface area contributed by atoms with E-state index in [0.29, 0.717) is 25.7 Å². The largest absolute Gasteiger partial charge is 0.467 e. The first-order chi connectivity index (χ1) is 10.4. The van der Waals surface area contributed by atoms with Crippen LogP contribution in [0.5, 0.6) is 0 Å². The highest BCUT2D eigenvalue weighted by molar-refractivity contribution is 6.05. The highest BCUT2D eigenvalue weighted by Crippen LogP contribution is 2.48. The highest BCUT2D eigenvalue weighted by Gasteiger charge is 2.53. The molecule has 0 bridgehead atoms. The van der Waals surface area contributed by atoms with E-state index >= 15 is 0 Å². The van der Waals surface area contributed by atoms with Crippen molar-refractivity contribution in [3.63, 3.8) is 0 Å². The van der Waals surface area contributed by atoms with Gasteiger partial charge in [-0.3, -0.25) is 19.7 Å². The number of esters is 1. The molecule has 0 radical (unpaired) electrons. The van der Waals surface area contributed by atoms with Gasteiger partial charge >= 0.3 is 5.97 Å². The Morgan fingerprint density at radius 1 is 1.14 bits per heavy atom. The Kier molecular flexibility index (Phi) is 3.30. The lowest BCUT2D eigenvalue weighted by atomic mass is 9.78. The van der Waals surface area contributed by atoms with Crippen molar-refractivity contribution in [2.45, 2.75) is 38.1 Å². The predicted molar refractivity (Wildman–Crippen MR) is 74.2 cm³/mol. The van der Waals surface area contributed by atoms with Gasteiger partial charge in [0.1, 0.15) is 5.54 Å². The molecule has 1 aliphatic heterocycles. The second kappa shape index (κ2) is 4.93. The van der Waals surface area contributed by atoms with Crippen LogP contribution in [0.1, 0.15) is 32.6 Å². The van der Waals surface area contributed by atoms with E-state index in [0.717, 1.165) is 11.1 Å². The van der Waals surface area contributed by atoms with Crippen molar-refractivity contribution >= 4 is 23.7 Å². The third-order valence-corrected chi connectivity index (χ3v) is 4.86. The Labute approximate surface area is 127 Å². The number of carbonyl (C=O) groups excluding carboxylic acids is 4. The SMILES string of the molecule is COC(=O)C1(NC(C)=O)CC2=C(CC3C(=O)NC(=O)C3C2)C1. The molecule has 2 N–H and O–H groups in total. The van der Waals surface area contributed by atoms with Crippen LogP contribution in [-0.2, 0) is 23.9 Å². The van der Waals surface area contributed by atoms with Crippen molar-refractivity contribution in [3.8, 4) is 0 Å². The normalized spacial score (nSPS) is 33.2. The van der Waals surface area contributed by atoms with Gasteiger partial charge < -0.3 is 10.1 Å². The topological polar surface area (TPSA) is 102 Å². The minimum atomic E-state index is -1.09. The monoisotopic (exact) mass is 306 g/mol. The number of amides is 3. The zero-order valence-electron chi connectivity index (χ0n) is 12.5. The van der Waals surface area contributed by atoms with Gasteiger partial charge in [0.15, 0.2) is 0 Å². The van der Waals surface area contributed by atoms with Crippen molar-refractivity contribution in [2.75, 3.05) is 7.11 Å². The smallest absolute Gasteiger partial charge is 0.332 e. The summed E-state index contributed by atoms with van der Waals surface area (Å²) in [7, 11) is 1.29. The first kappa shape index (κ1) is 14.7. The number of methoxy groups -OCH3 is 1. The lowest BCUT2D eigenvalue weighted by Crippen LogP contribution is -2.53. The molecular formula is C15H18N2O5. The molecule has 1 heterocycles. The molecule has 7 heteroatoms. The fraction of sp³-hybridized carbons (Fsp3) is 0.600. The quantitative estimate of drug-likeness (QED) is 0.418. The summed E-state index contributed by atoms with van der Waals surface area (Å²) in [6.45, 7) is 1.35. The summed E-state index contributed by atoms with van der Waals surface area (Å²) >= 11 is 0. The zero-order valence-corrected chi connectivity index (χ0v) is 12.5. The third kappa shape index (κ3) is 2.12. The van der Waals surface area contributed by atoms with Crippen molar-refractivity contribution in [3.05, 3.63) is 11.1 Å². The second-order valence-corrected chi connectivity index (χ2v) is 6.29. The summed E-state index contributed by atoms with van der Waals surface area (Å²) in [5, 5.41) is 5.08. The number of rotatable bonds is 2. The van der Waals surface area contributed by atoms with Crippen LogP contribution in [0.25, 0.3) is 0 Å². The van der Waals surface area contributed by atoms with Crippen LogP contribution < -0.4 is 10.6 Å². The Morgan fingerprint density at radius 2 is 1.64 bits per heavy atom. The molecule has 0 aromatic rings. The third-order valence-electron chi connectivity index (χ3n) is 4.86. The van der Waals surface area contributed by atoms with Crippen LogP contribution in [0.2, 0.25) is 0 Å². The summed E-state index contributed by atoms with van der Waals surface area (Å²) in [6.07, 6.45) is 1.63. The van der Waals surface area contributed by atoms with Crippen LogP contribution in [0.15, 0.2) is 11.1 Å². The van der Waals surface area contributed by atoms with Crippen LogP contribution in [-0.4, -0.2) is 36.3 Å². The highest BCUT2D eigenvalue weighted by atomic mass is 16.5. The summed E-state index contributed by atoms with van der Waals surface area (Å²) in [6, 6.07) is 0. The van der Waals surface area contributed by atoms with E-state index in [9.17, 15) is 19.2 Å². The van der Waals surface area contributed by atoms with Gasteiger partial charge in [0.25, 0.3) is 0 Å². The maximum atomic E-state index is 12.2. The molecule has 2 atom stereocenters. The second-order valence-electron chi connectivity index (χ2n) is 6.29. The van der Waals surface area contributed by atoms with E-state index in [1.54, 1.807) is 0 Å².